The second-order valence-corrected chi connectivity index (χ2v) is 4.45. The number of hydrogen-bond donors (Lipinski definition) is 2. The van der Waals surface area contributed by atoms with Crippen LogP contribution in [-0.2, 0) is 0 Å². The third kappa shape index (κ3) is 2.56. The summed E-state index contributed by atoms with van der Waals surface area (Å²) in [5.74, 6) is 0. The number of hydrogen-bond acceptors (Lipinski definition) is 2. The van der Waals surface area contributed by atoms with Gasteiger partial charge >= 0.3 is 0 Å². The van der Waals surface area contributed by atoms with Crippen molar-refractivity contribution in [2.45, 2.75) is 19.1 Å². The van der Waals surface area contributed by atoms with E-state index in [1.807, 2.05) is 18.2 Å². The maximum absolute atomic E-state index is 9.30. The molecule has 1 aromatic carbocycles. The molecule has 0 aliphatic heterocycles. The van der Waals surface area contributed by atoms with Gasteiger partial charge in [-0.25, -0.2) is 0 Å². The average Bonchev–Trinajstić information content (AvgIpc) is 2.08. The van der Waals surface area contributed by atoms with E-state index in [0.29, 0.717) is 5.02 Å². The number of aliphatic hydroxyl groups excluding tert-OH is 1. The van der Waals surface area contributed by atoms with E-state index in [9.17, 15) is 5.11 Å². The highest BCUT2D eigenvalue weighted by atomic mass is 127. The molecule has 0 saturated carbocycles. The summed E-state index contributed by atoms with van der Waals surface area (Å²) in [5.41, 5.74) is 6.56. The van der Waals surface area contributed by atoms with Crippen molar-refractivity contribution < 1.29 is 5.11 Å². The van der Waals surface area contributed by atoms with Gasteiger partial charge in [-0.05, 0) is 41.1 Å². The molecule has 0 heterocycles. The standard InChI is InChI=1S/C9H11ClINO/c1-5(13)9(12)6-3-2-4-7(11)8(6)10/h2-5,9,13H,12H2,1H3/t5-,9+/m0/s1. The van der Waals surface area contributed by atoms with Gasteiger partial charge in [0.2, 0.25) is 0 Å². The van der Waals surface area contributed by atoms with Crippen LogP contribution in [0.3, 0.4) is 0 Å². The lowest BCUT2D eigenvalue weighted by molar-refractivity contribution is 0.164. The van der Waals surface area contributed by atoms with Gasteiger partial charge in [0.1, 0.15) is 0 Å². The van der Waals surface area contributed by atoms with Crippen LogP contribution < -0.4 is 5.73 Å². The Balaban J connectivity index is 3.07. The van der Waals surface area contributed by atoms with Gasteiger partial charge < -0.3 is 10.8 Å². The monoisotopic (exact) mass is 311 g/mol. The molecule has 0 spiro atoms. The lowest BCUT2D eigenvalue weighted by Crippen LogP contribution is -2.23. The zero-order chi connectivity index (χ0) is 10.0. The summed E-state index contributed by atoms with van der Waals surface area (Å²) in [7, 11) is 0. The van der Waals surface area contributed by atoms with Crippen LogP contribution in [0.1, 0.15) is 18.5 Å². The van der Waals surface area contributed by atoms with Gasteiger partial charge in [0.25, 0.3) is 0 Å². The van der Waals surface area contributed by atoms with Crippen molar-refractivity contribution in [3.05, 3.63) is 32.4 Å². The smallest absolute Gasteiger partial charge is 0.0705 e. The Morgan fingerprint density at radius 1 is 1.54 bits per heavy atom. The SMILES string of the molecule is C[C@H](O)[C@@H](N)c1cccc(I)c1Cl. The maximum atomic E-state index is 9.30. The fraction of sp³-hybridized carbons (Fsp3) is 0.333. The summed E-state index contributed by atoms with van der Waals surface area (Å²) in [6, 6.07) is 5.20. The molecule has 0 fully saturated rings. The molecule has 0 unspecified atom stereocenters. The Labute approximate surface area is 96.2 Å². The maximum Gasteiger partial charge on any atom is 0.0705 e. The number of nitrogens with two attached hydrogens (primary N) is 1. The van der Waals surface area contributed by atoms with Crippen molar-refractivity contribution in [3.63, 3.8) is 0 Å². The first kappa shape index (κ1) is 11.2. The van der Waals surface area contributed by atoms with Crippen molar-refractivity contribution in [1.82, 2.24) is 0 Å². The molecule has 2 atom stereocenters. The van der Waals surface area contributed by atoms with Gasteiger partial charge in [0.15, 0.2) is 0 Å². The zero-order valence-electron chi connectivity index (χ0n) is 7.17. The third-order valence-corrected chi connectivity index (χ3v) is 3.50. The van der Waals surface area contributed by atoms with E-state index < -0.39 is 12.1 Å². The molecule has 0 amide bonds. The van der Waals surface area contributed by atoms with E-state index in [1.165, 1.54) is 0 Å². The molecule has 2 nitrogen and oxygen atoms in total. The quantitative estimate of drug-likeness (QED) is 0.824. The topological polar surface area (TPSA) is 46.2 Å². The van der Waals surface area contributed by atoms with E-state index in [4.69, 9.17) is 17.3 Å². The van der Waals surface area contributed by atoms with E-state index in [2.05, 4.69) is 22.6 Å². The second kappa shape index (κ2) is 4.59. The average molecular weight is 312 g/mol. The summed E-state index contributed by atoms with van der Waals surface area (Å²) >= 11 is 8.17. The fourth-order valence-corrected chi connectivity index (χ4v) is 1.81. The Morgan fingerprint density at radius 2 is 2.15 bits per heavy atom. The summed E-state index contributed by atoms with van der Waals surface area (Å²) in [5, 5.41) is 9.94. The molecule has 0 radical (unpaired) electrons. The van der Waals surface area contributed by atoms with Crippen molar-refractivity contribution in [3.8, 4) is 0 Å². The number of benzene rings is 1. The molecule has 0 bridgehead atoms. The van der Waals surface area contributed by atoms with Crippen LogP contribution >= 0.6 is 34.2 Å². The van der Waals surface area contributed by atoms with Gasteiger partial charge in [-0.2, -0.15) is 0 Å². The van der Waals surface area contributed by atoms with Crippen molar-refractivity contribution in [2.24, 2.45) is 5.73 Å². The van der Waals surface area contributed by atoms with E-state index >= 15 is 0 Å². The van der Waals surface area contributed by atoms with Crippen molar-refractivity contribution in [2.75, 3.05) is 0 Å². The lowest BCUT2D eigenvalue weighted by Gasteiger charge is -2.16. The van der Waals surface area contributed by atoms with Crippen LogP contribution in [0, 0.1) is 3.57 Å². The van der Waals surface area contributed by atoms with Gasteiger partial charge in [-0.3, -0.25) is 0 Å². The molecule has 3 N–H and O–H groups in total. The highest BCUT2D eigenvalue weighted by Gasteiger charge is 2.15. The van der Waals surface area contributed by atoms with E-state index in [1.54, 1.807) is 6.92 Å². The summed E-state index contributed by atoms with van der Waals surface area (Å²) in [6.45, 7) is 1.65. The predicted octanol–water partition coefficient (Wildman–Crippen LogP) is 2.33. The van der Waals surface area contributed by atoms with Crippen LogP contribution in [0.25, 0.3) is 0 Å². The lowest BCUT2D eigenvalue weighted by atomic mass is 10.0. The normalized spacial score (nSPS) is 15.5. The largest absolute Gasteiger partial charge is 0.391 e. The molecule has 0 aliphatic rings. The van der Waals surface area contributed by atoms with Crippen LogP contribution in [-0.4, -0.2) is 11.2 Å². The second-order valence-electron chi connectivity index (χ2n) is 2.91. The molecule has 72 valence electrons. The Bertz CT molecular complexity index is 304. The van der Waals surface area contributed by atoms with Gasteiger partial charge in [-0.1, -0.05) is 23.7 Å². The highest BCUT2D eigenvalue weighted by Crippen LogP contribution is 2.27. The first-order valence-corrected chi connectivity index (χ1v) is 5.37. The van der Waals surface area contributed by atoms with Crippen LogP contribution in [0.2, 0.25) is 5.02 Å². The third-order valence-electron chi connectivity index (χ3n) is 1.86. The first-order valence-electron chi connectivity index (χ1n) is 3.91. The number of rotatable bonds is 2. The summed E-state index contributed by atoms with van der Waals surface area (Å²) in [6.07, 6.45) is -0.587. The van der Waals surface area contributed by atoms with Crippen LogP contribution in [0.4, 0.5) is 0 Å². The molecule has 1 aromatic rings. The molecule has 0 aliphatic carbocycles. The fourth-order valence-electron chi connectivity index (χ4n) is 1.04. The van der Waals surface area contributed by atoms with Crippen molar-refractivity contribution in [1.29, 1.82) is 0 Å². The molecular weight excluding hydrogens is 300 g/mol. The van der Waals surface area contributed by atoms with Gasteiger partial charge in [-0.15, -0.1) is 0 Å². The molecule has 0 aromatic heterocycles. The molecule has 1 rings (SSSR count). The first-order chi connectivity index (χ1) is 6.04. The molecule has 0 saturated heterocycles. The van der Waals surface area contributed by atoms with E-state index in [-0.39, 0.29) is 0 Å². The Morgan fingerprint density at radius 3 is 2.69 bits per heavy atom. The molecule has 13 heavy (non-hydrogen) atoms. The Hall–Kier alpha value is 0.160. The van der Waals surface area contributed by atoms with Crippen LogP contribution in [0.15, 0.2) is 18.2 Å². The minimum absolute atomic E-state index is 0.415. The zero-order valence-corrected chi connectivity index (χ0v) is 10.1. The summed E-state index contributed by atoms with van der Waals surface area (Å²) in [4.78, 5) is 0. The predicted molar refractivity (Wildman–Crippen MR) is 62.8 cm³/mol. The number of halogens is 2. The van der Waals surface area contributed by atoms with Crippen molar-refractivity contribution >= 4 is 34.2 Å². The minimum atomic E-state index is -0.587. The highest BCUT2D eigenvalue weighted by molar-refractivity contribution is 14.1. The molecular formula is C9H11ClINO. The number of aliphatic hydroxyl groups is 1. The minimum Gasteiger partial charge on any atom is -0.391 e. The van der Waals surface area contributed by atoms with Gasteiger partial charge in [0, 0.05) is 3.57 Å². The summed E-state index contributed by atoms with van der Waals surface area (Å²) < 4.78 is 0.952. The van der Waals surface area contributed by atoms with Crippen LogP contribution in [0.5, 0.6) is 0 Å². The van der Waals surface area contributed by atoms with Gasteiger partial charge in [0.05, 0.1) is 17.2 Å². The Kier molecular flexibility index (Phi) is 3.97. The molecule has 4 heteroatoms. The van der Waals surface area contributed by atoms with E-state index in [0.717, 1.165) is 9.13 Å².